The SMILES string of the molecule is c1ccc(-c2ccc(-c3ccccc3)c(N(c3ccccc3)c3ccc4cc5c(cc4c3)C3(c4ccccc4-c4ccccc43)c3cc4cc(N(c6ccccc6)c6cc(-c7ccccc7)ccc6-c6ccccc6)ccc4cc3-5)c2)cc1. The highest BCUT2D eigenvalue weighted by Gasteiger charge is 2.52. The Morgan fingerprint density at radius 1 is 0.181 bits per heavy atom. The predicted octanol–water partition coefficient (Wildman–Crippen LogP) is 21.9. The van der Waals surface area contributed by atoms with Crippen LogP contribution in [0.5, 0.6) is 0 Å². The second kappa shape index (κ2) is 19.8. The third-order valence-corrected chi connectivity index (χ3v) is 17.4. The van der Waals surface area contributed by atoms with E-state index >= 15 is 0 Å². The molecule has 0 saturated carbocycles. The number of para-hydroxylation sites is 2. The Morgan fingerprint density at radius 2 is 0.530 bits per heavy atom. The van der Waals surface area contributed by atoms with Crippen LogP contribution < -0.4 is 9.80 Å². The molecule has 2 heteroatoms. The molecule has 83 heavy (non-hydrogen) atoms. The Morgan fingerprint density at radius 3 is 0.928 bits per heavy atom. The first-order chi connectivity index (χ1) is 41.2. The van der Waals surface area contributed by atoms with E-state index in [1.165, 1.54) is 99.4 Å². The number of anilines is 6. The molecule has 0 saturated heterocycles. The van der Waals surface area contributed by atoms with Crippen molar-refractivity contribution in [2.75, 3.05) is 9.80 Å². The standard InChI is InChI=1S/C81H54N2/c1-7-23-55(24-8-1)61-41-45-69(57-27-11-3-12-28-57)79(53-61)82(65-31-15-5-16-32-65)67-43-39-59-49-73-74-50-60-40-44-68(48-64(60)52-78(74)81(77(73)51-63(59)47-67)75-37-21-19-35-71(75)72-36-20-22-38-76(72)81)83(66-33-17-6-18-34-66)80-54-62(56-25-9-2-10-26-56)42-46-70(80)58-29-13-4-14-30-58/h1-54H. The molecule has 388 valence electrons. The molecule has 0 aliphatic heterocycles. The van der Waals surface area contributed by atoms with Gasteiger partial charge < -0.3 is 9.80 Å². The van der Waals surface area contributed by atoms with Gasteiger partial charge in [-0.2, -0.15) is 0 Å². The van der Waals surface area contributed by atoms with Gasteiger partial charge in [0.25, 0.3) is 0 Å². The normalized spacial score (nSPS) is 12.4. The molecule has 16 rings (SSSR count). The molecule has 0 amide bonds. The summed E-state index contributed by atoms with van der Waals surface area (Å²) in [6.45, 7) is 0. The predicted molar refractivity (Wildman–Crippen MR) is 349 cm³/mol. The van der Waals surface area contributed by atoms with Crippen molar-refractivity contribution in [3.63, 3.8) is 0 Å². The lowest BCUT2D eigenvalue weighted by Gasteiger charge is -2.31. The second-order valence-electron chi connectivity index (χ2n) is 22.0. The van der Waals surface area contributed by atoms with Crippen LogP contribution in [0.2, 0.25) is 0 Å². The maximum Gasteiger partial charge on any atom is 0.0725 e. The average molecular weight is 1060 g/mol. The minimum atomic E-state index is -0.584. The van der Waals surface area contributed by atoms with Crippen LogP contribution in [0, 0.1) is 0 Å². The zero-order valence-electron chi connectivity index (χ0n) is 45.6. The second-order valence-corrected chi connectivity index (χ2v) is 22.0. The number of hydrogen-bond donors (Lipinski definition) is 0. The van der Waals surface area contributed by atoms with Crippen molar-refractivity contribution < 1.29 is 0 Å². The van der Waals surface area contributed by atoms with Crippen molar-refractivity contribution in [2.45, 2.75) is 5.41 Å². The average Bonchev–Trinajstić information content (AvgIpc) is 1.66. The van der Waals surface area contributed by atoms with E-state index in [9.17, 15) is 0 Å². The number of fused-ring (bicyclic) bond motifs is 12. The number of nitrogens with zero attached hydrogens (tertiary/aromatic N) is 2. The number of benzene rings is 14. The topological polar surface area (TPSA) is 6.48 Å². The molecule has 2 aliphatic rings. The molecule has 14 aromatic carbocycles. The van der Waals surface area contributed by atoms with Gasteiger partial charge in [0.1, 0.15) is 0 Å². The molecule has 0 unspecified atom stereocenters. The van der Waals surface area contributed by atoms with Crippen LogP contribution in [0.4, 0.5) is 34.1 Å². The van der Waals surface area contributed by atoms with E-state index in [0.29, 0.717) is 0 Å². The number of hydrogen-bond acceptors (Lipinski definition) is 2. The highest BCUT2D eigenvalue weighted by Crippen LogP contribution is 2.64. The van der Waals surface area contributed by atoms with Crippen LogP contribution in [0.3, 0.4) is 0 Å². The van der Waals surface area contributed by atoms with Crippen molar-refractivity contribution in [1.29, 1.82) is 0 Å². The van der Waals surface area contributed by atoms with Crippen LogP contribution >= 0.6 is 0 Å². The Balaban J connectivity index is 0.909. The molecule has 0 N–H and O–H groups in total. The van der Waals surface area contributed by atoms with E-state index in [-0.39, 0.29) is 0 Å². The van der Waals surface area contributed by atoms with Gasteiger partial charge >= 0.3 is 0 Å². The summed E-state index contributed by atoms with van der Waals surface area (Å²) in [4.78, 5) is 4.91. The van der Waals surface area contributed by atoms with E-state index in [1.54, 1.807) is 0 Å². The molecule has 0 atom stereocenters. The van der Waals surface area contributed by atoms with Gasteiger partial charge in [-0.3, -0.25) is 0 Å². The zero-order chi connectivity index (χ0) is 54.8. The quantitative estimate of drug-likeness (QED) is 0.135. The summed E-state index contributed by atoms with van der Waals surface area (Å²) in [6, 6.07) is 121. The van der Waals surface area contributed by atoms with E-state index in [0.717, 1.165) is 45.3 Å². The van der Waals surface area contributed by atoms with Gasteiger partial charge in [-0.25, -0.2) is 0 Å². The van der Waals surface area contributed by atoms with Crippen LogP contribution in [0.25, 0.3) is 88.3 Å². The fraction of sp³-hybridized carbons (Fsp3) is 0.0123. The minimum absolute atomic E-state index is 0.584. The smallest absolute Gasteiger partial charge is 0.0725 e. The van der Waals surface area contributed by atoms with Gasteiger partial charge in [0.15, 0.2) is 0 Å². The Bertz CT molecular complexity index is 4460. The summed E-state index contributed by atoms with van der Waals surface area (Å²) in [6.07, 6.45) is 0. The molecule has 14 aromatic rings. The summed E-state index contributed by atoms with van der Waals surface area (Å²) in [5, 5.41) is 4.78. The largest absolute Gasteiger partial charge is 0.310 e. The van der Waals surface area contributed by atoms with Crippen LogP contribution in [-0.4, -0.2) is 0 Å². The van der Waals surface area contributed by atoms with Crippen molar-refractivity contribution in [2.24, 2.45) is 0 Å². The molecule has 0 radical (unpaired) electrons. The summed E-state index contributed by atoms with van der Waals surface area (Å²) in [7, 11) is 0. The molecule has 2 aliphatic carbocycles. The molecule has 0 fully saturated rings. The third-order valence-electron chi connectivity index (χ3n) is 17.4. The first kappa shape index (κ1) is 48.1. The fourth-order valence-corrected chi connectivity index (χ4v) is 13.7. The molecular formula is C81H54N2. The molecule has 2 nitrogen and oxygen atoms in total. The Hall–Kier alpha value is -10.8. The molecular weight excluding hydrogens is 1000 g/mol. The van der Waals surface area contributed by atoms with E-state index in [4.69, 9.17) is 0 Å². The lowest BCUT2D eigenvalue weighted by Crippen LogP contribution is -2.25. The van der Waals surface area contributed by atoms with Crippen LogP contribution in [0.15, 0.2) is 328 Å². The van der Waals surface area contributed by atoms with Crippen LogP contribution in [0.1, 0.15) is 22.3 Å². The van der Waals surface area contributed by atoms with E-state index < -0.39 is 5.41 Å². The van der Waals surface area contributed by atoms with Gasteiger partial charge in [-0.15, -0.1) is 0 Å². The molecule has 0 heterocycles. The van der Waals surface area contributed by atoms with Crippen molar-refractivity contribution >= 4 is 55.7 Å². The summed E-state index contributed by atoms with van der Waals surface area (Å²) < 4.78 is 0. The lowest BCUT2D eigenvalue weighted by atomic mass is 9.70. The number of rotatable bonds is 10. The minimum Gasteiger partial charge on any atom is -0.310 e. The maximum absolute atomic E-state index is 2.53. The van der Waals surface area contributed by atoms with E-state index in [1.807, 2.05) is 0 Å². The fourth-order valence-electron chi connectivity index (χ4n) is 13.7. The third kappa shape index (κ3) is 7.94. The molecule has 0 bridgehead atoms. The first-order valence-corrected chi connectivity index (χ1v) is 28.7. The molecule has 1 spiro atoms. The first-order valence-electron chi connectivity index (χ1n) is 28.7. The monoisotopic (exact) mass is 1050 g/mol. The maximum atomic E-state index is 2.53. The van der Waals surface area contributed by atoms with Crippen molar-refractivity contribution in [1.82, 2.24) is 0 Å². The van der Waals surface area contributed by atoms with Crippen LogP contribution in [-0.2, 0) is 5.41 Å². The molecule has 0 aromatic heterocycles. The summed E-state index contributed by atoms with van der Waals surface area (Å²) >= 11 is 0. The van der Waals surface area contributed by atoms with Crippen molar-refractivity contribution in [3.8, 4) is 66.8 Å². The van der Waals surface area contributed by atoms with E-state index in [2.05, 4.69) is 337 Å². The summed E-state index contributed by atoms with van der Waals surface area (Å²) in [5.74, 6) is 0. The zero-order valence-corrected chi connectivity index (χ0v) is 45.6. The van der Waals surface area contributed by atoms with Gasteiger partial charge in [0.05, 0.1) is 16.8 Å². The highest BCUT2D eigenvalue weighted by atomic mass is 15.2. The van der Waals surface area contributed by atoms with Gasteiger partial charge in [0.2, 0.25) is 0 Å². The van der Waals surface area contributed by atoms with Crippen molar-refractivity contribution in [3.05, 3.63) is 350 Å². The van der Waals surface area contributed by atoms with Gasteiger partial charge in [-0.1, -0.05) is 243 Å². The lowest BCUT2D eigenvalue weighted by molar-refractivity contribution is 0.796. The van der Waals surface area contributed by atoms with Gasteiger partial charge in [0, 0.05) is 33.9 Å². The highest BCUT2D eigenvalue weighted by molar-refractivity contribution is 6.05. The Labute approximate surface area is 484 Å². The summed E-state index contributed by atoms with van der Waals surface area (Å²) in [5.41, 5.74) is 25.7. The van der Waals surface area contributed by atoms with Gasteiger partial charge in [-0.05, 0) is 184 Å². The Kier molecular flexibility index (Phi) is 11.5.